The van der Waals surface area contributed by atoms with Gasteiger partial charge in [-0.3, -0.25) is 4.99 Å². The third-order valence-electron chi connectivity index (χ3n) is 1.69. The molecule has 0 aliphatic rings. The fourth-order valence-corrected chi connectivity index (χ4v) is 2.22. The minimum Gasteiger partial charge on any atom is -0.387 e. The Morgan fingerprint density at radius 1 is 1.38 bits per heavy atom. The maximum atomic E-state index is 6.04. The molecule has 16 heavy (non-hydrogen) atoms. The van der Waals surface area contributed by atoms with E-state index in [1.54, 1.807) is 11.8 Å². The number of rotatable bonds is 3. The highest BCUT2D eigenvalue weighted by atomic mass is 35.5. The Morgan fingerprint density at radius 3 is 2.56 bits per heavy atom. The number of benzene rings is 1. The summed E-state index contributed by atoms with van der Waals surface area (Å²) in [6, 6.07) is 7.74. The van der Waals surface area contributed by atoms with E-state index >= 15 is 0 Å². The molecule has 0 bridgehead atoms. The van der Waals surface area contributed by atoms with Crippen molar-refractivity contribution < 1.29 is 0 Å². The van der Waals surface area contributed by atoms with Crippen molar-refractivity contribution in [2.45, 2.75) is 31.2 Å². The summed E-state index contributed by atoms with van der Waals surface area (Å²) in [5.74, 6) is 1.32. The molecule has 0 saturated heterocycles. The molecule has 0 fully saturated rings. The molecule has 0 aliphatic heterocycles. The minimum atomic E-state index is -0.120. The van der Waals surface area contributed by atoms with Gasteiger partial charge < -0.3 is 5.73 Å². The van der Waals surface area contributed by atoms with Crippen molar-refractivity contribution in [3.8, 4) is 0 Å². The summed E-state index contributed by atoms with van der Waals surface area (Å²) in [6.45, 7) is 6.08. The molecule has 88 valence electrons. The van der Waals surface area contributed by atoms with Crippen LogP contribution in [0.5, 0.6) is 0 Å². The molecule has 2 nitrogen and oxygen atoms in total. The molecule has 0 unspecified atom stereocenters. The predicted octanol–water partition coefficient (Wildman–Crippen LogP) is 3.59. The topological polar surface area (TPSA) is 38.4 Å². The SMILES string of the molecule is CC(C)(C)N=C(N)CSc1ccccc1Cl. The molecule has 1 rings (SSSR count). The molecule has 0 radical (unpaired) electrons. The molecule has 0 aliphatic carbocycles. The van der Waals surface area contributed by atoms with E-state index in [2.05, 4.69) is 4.99 Å². The summed E-state index contributed by atoms with van der Waals surface area (Å²) >= 11 is 7.65. The predicted molar refractivity (Wildman–Crippen MR) is 73.6 cm³/mol. The Labute approximate surface area is 106 Å². The second-order valence-corrected chi connectivity index (χ2v) is 5.92. The third-order valence-corrected chi connectivity index (χ3v) is 3.24. The number of thioether (sulfide) groups is 1. The Bertz CT molecular complexity index is 383. The summed E-state index contributed by atoms with van der Waals surface area (Å²) in [5.41, 5.74) is 5.72. The number of nitrogens with two attached hydrogens (primary N) is 1. The van der Waals surface area contributed by atoms with Gasteiger partial charge in [0.2, 0.25) is 0 Å². The fourth-order valence-electron chi connectivity index (χ4n) is 1.18. The first-order valence-electron chi connectivity index (χ1n) is 5.10. The quantitative estimate of drug-likeness (QED) is 0.510. The lowest BCUT2D eigenvalue weighted by atomic mass is 10.1. The maximum Gasteiger partial charge on any atom is 0.105 e. The van der Waals surface area contributed by atoms with Crippen molar-refractivity contribution in [1.82, 2.24) is 0 Å². The monoisotopic (exact) mass is 256 g/mol. The van der Waals surface area contributed by atoms with Gasteiger partial charge in [0.15, 0.2) is 0 Å². The summed E-state index contributed by atoms with van der Waals surface area (Å²) in [6.07, 6.45) is 0. The van der Waals surface area contributed by atoms with Gasteiger partial charge >= 0.3 is 0 Å². The van der Waals surface area contributed by atoms with Gasteiger partial charge in [-0.1, -0.05) is 23.7 Å². The maximum absolute atomic E-state index is 6.04. The second kappa shape index (κ2) is 5.60. The molecular weight excluding hydrogens is 240 g/mol. The second-order valence-electron chi connectivity index (χ2n) is 4.49. The van der Waals surface area contributed by atoms with Crippen molar-refractivity contribution in [2.75, 3.05) is 5.75 Å². The first-order chi connectivity index (χ1) is 7.38. The standard InChI is InChI=1S/C12H17ClN2S/c1-12(2,3)15-11(14)8-16-10-7-5-4-6-9(10)13/h4-7H,8H2,1-3H3,(H2,14,15). The summed E-state index contributed by atoms with van der Waals surface area (Å²) in [5, 5.41) is 0.760. The van der Waals surface area contributed by atoms with E-state index < -0.39 is 0 Å². The average Bonchev–Trinajstić information content (AvgIpc) is 2.14. The van der Waals surface area contributed by atoms with Crippen LogP contribution in [0.15, 0.2) is 34.2 Å². The zero-order chi connectivity index (χ0) is 12.2. The van der Waals surface area contributed by atoms with E-state index in [9.17, 15) is 0 Å². The number of hydrogen-bond donors (Lipinski definition) is 1. The van der Waals surface area contributed by atoms with Crippen molar-refractivity contribution in [3.63, 3.8) is 0 Å². The van der Waals surface area contributed by atoms with Crippen molar-refractivity contribution in [3.05, 3.63) is 29.3 Å². The van der Waals surface area contributed by atoms with Gasteiger partial charge in [0.25, 0.3) is 0 Å². The van der Waals surface area contributed by atoms with Crippen LogP contribution in [0.2, 0.25) is 5.02 Å². The zero-order valence-corrected chi connectivity index (χ0v) is 11.4. The van der Waals surface area contributed by atoms with Gasteiger partial charge in [-0.05, 0) is 32.9 Å². The lowest BCUT2D eigenvalue weighted by Gasteiger charge is -2.13. The molecule has 1 aromatic carbocycles. The van der Waals surface area contributed by atoms with Gasteiger partial charge in [-0.15, -0.1) is 11.8 Å². The summed E-state index contributed by atoms with van der Waals surface area (Å²) in [7, 11) is 0. The van der Waals surface area contributed by atoms with Crippen LogP contribution in [0.3, 0.4) is 0 Å². The van der Waals surface area contributed by atoms with Gasteiger partial charge in [0.1, 0.15) is 5.84 Å². The molecule has 0 atom stereocenters. The molecule has 0 heterocycles. The highest BCUT2D eigenvalue weighted by Gasteiger charge is 2.08. The Hall–Kier alpha value is -0.670. The highest BCUT2D eigenvalue weighted by Crippen LogP contribution is 2.26. The number of halogens is 1. The number of nitrogens with zero attached hydrogens (tertiary/aromatic N) is 1. The van der Waals surface area contributed by atoms with E-state index in [0.717, 1.165) is 9.92 Å². The van der Waals surface area contributed by atoms with Gasteiger partial charge in [-0.25, -0.2) is 0 Å². The van der Waals surface area contributed by atoms with E-state index in [4.69, 9.17) is 17.3 Å². The van der Waals surface area contributed by atoms with Crippen LogP contribution in [0.4, 0.5) is 0 Å². The summed E-state index contributed by atoms with van der Waals surface area (Å²) in [4.78, 5) is 5.42. The summed E-state index contributed by atoms with van der Waals surface area (Å²) < 4.78 is 0. The Morgan fingerprint density at radius 2 is 2.00 bits per heavy atom. The molecule has 0 saturated carbocycles. The molecule has 1 aromatic rings. The number of amidine groups is 1. The smallest absolute Gasteiger partial charge is 0.105 e. The normalized spacial score (nSPS) is 12.9. The Balaban J connectivity index is 2.59. The van der Waals surface area contributed by atoms with Crippen LogP contribution in [0.1, 0.15) is 20.8 Å². The molecule has 0 spiro atoms. The molecule has 0 aromatic heterocycles. The third kappa shape index (κ3) is 4.90. The lowest BCUT2D eigenvalue weighted by molar-refractivity contribution is 0.583. The van der Waals surface area contributed by atoms with Crippen molar-refractivity contribution >= 4 is 29.2 Å². The highest BCUT2D eigenvalue weighted by molar-refractivity contribution is 8.00. The van der Waals surface area contributed by atoms with E-state index in [1.807, 2.05) is 45.0 Å². The number of aliphatic imine (C=N–C) groups is 1. The van der Waals surface area contributed by atoms with E-state index in [0.29, 0.717) is 11.6 Å². The van der Waals surface area contributed by atoms with Crippen molar-refractivity contribution in [1.29, 1.82) is 0 Å². The minimum absolute atomic E-state index is 0.120. The van der Waals surface area contributed by atoms with Crippen LogP contribution in [0.25, 0.3) is 0 Å². The molecule has 2 N–H and O–H groups in total. The van der Waals surface area contributed by atoms with Crippen LogP contribution < -0.4 is 5.73 Å². The molecule has 4 heteroatoms. The Kier molecular flexibility index (Phi) is 4.69. The van der Waals surface area contributed by atoms with Crippen LogP contribution in [0, 0.1) is 0 Å². The molecule has 0 amide bonds. The average molecular weight is 257 g/mol. The first-order valence-corrected chi connectivity index (χ1v) is 6.46. The number of hydrogen-bond acceptors (Lipinski definition) is 2. The van der Waals surface area contributed by atoms with E-state index in [-0.39, 0.29) is 5.54 Å². The van der Waals surface area contributed by atoms with E-state index in [1.165, 1.54) is 0 Å². The van der Waals surface area contributed by atoms with Crippen LogP contribution in [-0.2, 0) is 0 Å². The van der Waals surface area contributed by atoms with Gasteiger partial charge in [0, 0.05) is 4.90 Å². The van der Waals surface area contributed by atoms with Crippen LogP contribution in [-0.4, -0.2) is 17.1 Å². The zero-order valence-electron chi connectivity index (χ0n) is 9.83. The molecular formula is C12H17ClN2S. The van der Waals surface area contributed by atoms with Gasteiger partial charge in [0.05, 0.1) is 16.3 Å². The first kappa shape index (κ1) is 13.4. The van der Waals surface area contributed by atoms with Crippen LogP contribution >= 0.6 is 23.4 Å². The van der Waals surface area contributed by atoms with Crippen molar-refractivity contribution in [2.24, 2.45) is 10.7 Å². The fraction of sp³-hybridized carbons (Fsp3) is 0.417. The lowest BCUT2D eigenvalue weighted by Crippen LogP contribution is -2.22. The largest absolute Gasteiger partial charge is 0.387 e. The van der Waals surface area contributed by atoms with Gasteiger partial charge in [-0.2, -0.15) is 0 Å².